The molecule has 2 unspecified atom stereocenters. The predicted molar refractivity (Wildman–Crippen MR) is 84.9 cm³/mol. The Hall–Kier alpha value is -2.34. The highest BCUT2D eigenvalue weighted by Gasteiger charge is 2.54. The number of fused-ring (bicyclic) bond motifs is 1. The second kappa shape index (κ2) is 5.34. The fraction of sp³-hybridized carbons (Fsp3) is 0.444. The molecule has 128 valence electrons. The predicted octanol–water partition coefficient (Wildman–Crippen LogP) is 2.61. The van der Waals surface area contributed by atoms with E-state index in [1.807, 2.05) is 0 Å². The van der Waals surface area contributed by atoms with Crippen LogP contribution in [0.1, 0.15) is 55.6 Å². The molecule has 24 heavy (non-hydrogen) atoms. The number of benzene rings is 1. The SMILES string of the molecule is CC1(C)Oc2ccc(C(=O)O)cc2C(OC2=CC(=O)CC2)C1(C)O. The Kier molecular flexibility index (Phi) is 3.68. The minimum absolute atomic E-state index is 0.0181. The lowest BCUT2D eigenvalue weighted by atomic mass is 9.76. The number of rotatable bonds is 3. The van der Waals surface area contributed by atoms with Crippen molar-refractivity contribution in [2.45, 2.75) is 50.9 Å². The number of ether oxygens (including phenoxy) is 2. The number of allylic oxidation sites excluding steroid dienone is 2. The molecule has 0 fully saturated rings. The quantitative estimate of drug-likeness (QED) is 0.884. The largest absolute Gasteiger partial charge is 0.487 e. The van der Waals surface area contributed by atoms with Gasteiger partial charge in [-0.25, -0.2) is 4.79 Å². The van der Waals surface area contributed by atoms with Crippen molar-refractivity contribution in [3.8, 4) is 5.75 Å². The van der Waals surface area contributed by atoms with Crippen molar-refractivity contribution >= 4 is 11.8 Å². The number of aromatic carboxylic acids is 1. The van der Waals surface area contributed by atoms with Crippen LogP contribution in [0.2, 0.25) is 0 Å². The molecule has 2 N–H and O–H groups in total. The molecule has 0 aromatic heterocycles. The van der Waals surface area contributed by atoms with Crippen molar-refractivity contribution in [3.63, 3.8) is 0 Å². The van der Waals surface area contributed by atoms with Crippen LogP contribution >= 0.6 is 0 Å². The summed E-state index contributed by atoms with van der Waals surface area (Å²) in [6.07, 6.45) is 1.44. The molecule has 0 spiro atoms. The van der Waals surface area contributed by atoms with Crippen molar-refractivity contribution in [2.75, 3.05) is 0 Å². The summed E-state index contributed by atoms with van der Waals surface area (Å²) in [6, 6.07) is 4.47. The van der Waals surface area contributed by atoms with E-state index < -0.39 is 23.3 Å². The molecule has 0 saturated carbocycles. The van der Waals surface area contributed by atoms with E-state index >= 15 is 0 Å². The number of ketones is 1. The molecule has 0 bridgehead atoms. The molecular weight excluding hydrogens is 312 g/mol. The summed E-state index contributed by atoms with van der Waals surface area (Å²) < 4.78 is 11.8. The Bertz CT molecular complexity index is 744. The van der Waals surface area contributed by atoms with Gasteiger partial charge in [-0.2, -0.15) is 0 Å². The number of hydrogen-bond donors (Lipinski definition) is 2. The van der Waals surface area contributed by atoms with Gasteiger partial charge in [0.05, 0.1) is 5.56 Å². The van der Waals surface area contributed by atoms with Crippen molar-refractivity contribution in [2.24, 2.45) is 0 Å². The maximum atomic E-state index is 11.5. The van der Waals surface area contributed by atoms with Gasteiger partial charge in [-0.3, -0.25) is 4.79 Å². The smallest absolute Gasteiger partial charge is 0.335 e. The third-order valence-corrected chi connectivity index (χ3v) is 4.84. The molecule has 2 aliphatic rings. The van der Waals surface area contributed by atoms with Gasteiger partial charge in [0.2, 0.25) is 0 Å². The van der Waals surface area contributed by atoms with Gasteiger partial charge in [-0.1, -0.05) is 0 Å². The Morgan fingerprint density at radius 3 is 2.58 bits per heavy atom. The van der Waals surface area contributed by atoms with E-state index in [1.54, 1.807) is 26.8 Å². The van der Waals surface area contributed by atoms with Crippen LogP contribution in [0, 0.1) is 0 Å². The number of carboxylic acids is 1. The molecule has 1 aliphatic carbocycles. The Morgan fingerprint density at radius 1 is 1.29 bits per heavy atom. The van der Waals surface area contributed by atoms with Gasteiger partial charge in [-0.05, 0) is 39.0 Å². The van der Waals surface area contributed by atoms with Crippen LogP contribution in [0.4, 0.5) is 0 Å². The number of carbonyl (C=O) groups excluding carboxylic acids is 1. The number of carbonyl (C=O) groups is 2. The topological polar surface area (TPSA) is 93.1 Å². The average molecular weight is 332 g/mol. The maximum absolute atomic E-state index is 11.5. The highest BCUT2D eigenvalue weighted by Crippen LogP contribution is 2.49. The van der Waals surface area contributed by atoms with Crippen LogP contribution in [0.3, 0.4) is 0 Å². The Balaban J connectivity index is 2.09. The first-order chi connectivity index (χ1) is 11.1. The second-order valence-corrected chi connectivity index (χ2v) is 6.89. The van der Waals surface area contributed by atoms with E-state index in [1.165, 1.54) is 18.2 Å². The molecule has 3 rings (SSSR count). The summed E-state index contributed by atoms with van der Waals surface area (Å²) in [5, 5.41) is 20.3. The van der Waals surface area contributed by atoms with Gasteiger partial charge in [-0.15, -0.1) is 0 Å². The maximum Gasteiger partial charge on any atom is 0.335 e. The number of aliphatic hydroxyl groups is 1. The van der Waals surface area contributed by atoms with Crippen molar-refractivity contribution < 1.29 is 29.3 Å². The van der Waals surface area contributed by atoms with Crippen molar-refractivity contribution in [3.05, 3.63) is 41.2 Å². The highest BCUT2D eigenvalue weighted by atomic mass is 16.6. The van der Waals surface area contributed by atoms with E-state index in [9.17, 15) is 19.8 Å². The molecule has 0 amide bonds. The molecule has 1 aliphatic heterocycles. The molecule has 1 aromatic carbocycles. The van der Waals surface area contributed by atoms with Crippen LogP contribution in [0.25, 0.3) is 0 Å². The first-order valence-corrected chi connectivity index (χ1v) is 7.80. The summed E-state index contributed by atoms with van der Waals surface area (Å²) in [5.74, 6) is -0.132. The Labute approximate surface area is 139 Å². The Morgan fingerprint density at radius 2 is 2.00 bits per heavy atom. The molecule has 6 nitrogen and oxygen atoms in total. The van der Waals surface area contributed by atoms with E-state index in [2.05, 4.69) is 0 Å². The normalized spacial score (nSPS) is 27.9. The van der Waals surface area contributed by atoms with E-state index in [0.29, 0.717) is 29.9 Å². The van der Waals surface area contributed by atoms with Gasteiger partial charge in [0.1, 0.15) is 22.7 Å². The zero-order valence-corrected chi connectivity index (χ0v) is 13.8. The van der Waals surface area contributed by atoms with E-state index in [-0.39, 0.29) is 11.3 Å². The lowest BCUT2D eigenvalue weighted by Crippen LogP contribution is -2.58. The van der Waals surface area contributed by atoms with E-state index in [4.69, 9.17) is 9.47 Å². The van der Waals surface area contributed by atoms with Gasteiger partial charge in [0.15, 0.2) is 11.9 Å². The van der Waals surface area contributed by atoms with Crippen molar-refractivity contribution in [1.82, 2.24) is 0 Å². The van der Waals surface area contributed by atoms with Crippen LogP contribution < -0.4 is 4.74 Å². The highest BCUT2D eigenvalue weighted by molar-refractivity contribution is 5.92. The summed E-state index contributed by atoms with van der Waals surface area (Å²) in [6.45, 7) is 5.07. The first-order valence-electron chi connectivity index (χ1n) is 7.80. The van der Waals surface area contributed by atoms with Crippen LogP contribution in [-0.2, 0) is 9.53 Å². The van der Waals surface area contributed by atoms with Crippen molar-refractivity contribution in [1.29, 1.82) is 0 Å². The minimum atomic E-state index is -1.43. The van der Waals surface area contributed by atoms with Gasteiger partial charge >= 0.3 is 5.97 Å². The molecule has 1 aromatic rings. The molecule has 0 radical (unpaired) electrons. The van der Waals surface area contributed by atoms with Gasteiger partial charge in [0, 0.05) is 24.5 Å². The molecule has 0 saturated heterocycles. The number of hydrogen-bond acceptors (Lipinski definition) is 5. The zero-order valence-electron chi connectivity index (χ0n) is 13.8. The molecule has 2 atom stereocenters. The van der Waals surface area contributed by atoms with Crippen LogP contribution in [-0.4, -0.2) is 33.2 Å². The molecule has 6 heteroatoms. The third-order valence-electron chi connectivity index (χ3n) is 4.84. The molecule has 1 heterocycles. The van der Waals surface area contributed by atoms with Crippen LogP contribution in [0.5, 0.6) is 5.75 Å². The second-order valence-electron chi connectivity index (χ2n) is 6.89. The van der Waals surface area contributed by atoms with Crippen LogP contribution in [0.15, 0.2) is 30.0 Å². The zero-order chi connectivity index (χ0) is 17.7. The minimum Gasteiger partial charge on any atom is -0.487 e. The lowest BCUT2D eigenvalue weighted by molar-refractivity contribution is -0.188. The standard InChI is InChI=1S/C18H20O6/c1-17(2)18(3,22)15(23-12-6-5-11(19)9-12)13-8-10(16(20)21)4-7-14(13)24-17/h4,7-9,15,22H,5-6H2,1-3H3,(H,20,21). The molecular formula is C18H20O6. The monoisotopic (exact) mass is 332 g/mol. The summed E-state index contributed by atoms with van der Waals surface area (Å²) in [7, 11) is 0. The van der Waals surface area contributed by atoms with E-state index in [0.717, 1.165) is 0 Å². The fourth-order valence-corrected chi connectivity index (χ4v) is 2.97. The average Bonchev–Trinajstić information content (AvgIpc) is 2.89. The van der Waals surface area contributed by atoms with Gasteiger partial charge < -0.3 is 19.7 Å². The fourth-order valence-electron chi connectivity index (χ4n) is 2.97. The summed E-state index contributed by atoms with van der Waals surface area (Å²) in [4.78, 5) is 22.7. The lowest BCUT2D eigenvalue weighted by Gasteiger charge is -2.49. The van der Waals surface area contributed by atoms with Gasteiger partial charge in [0.25, 0.3) is 0 Å². The number of carboxylic acid groups (broad SMARTS) is 1. The first kappa shape index (κ1) is 16.5. The summed E-state index contributed by atoms with van der Waals surface area (Å²) in [5.41, 5.74) is -1.85. The third kappa shape index (κ3) is 2.57. The summed E-state index contributed by atoms with van der Waals surface area (Å²) >= 11 is 0.